The lowest BCUT2D eigenvalue weighted by molar-refractivity contribution is 0.294. The molecule has 0 radical (unpaired) electrons. The van der Waals surface area contributed by atoms with E-state index >= 15 is 0 Å². The normalized spacial score (nSPS) is 11.8. The SMILES string of the molecule is CCc1nsc(NCC(CC)(CC)CN)n1. The molecule has 0 fully saturated rings. The Morgan fingerprint density at radius 1 is 1.31 bits per heavy atom. The van der Waals surface area contributed by atoms with Crippen molar-refractivity contribution < 1.29 is 0 Å². The molecule has 0 bridgehead atoms. The number of anilines is 1. The number of nitrogens with two attached hydrogens (primary N) is 1. The zero-order chi connectivity index (χ0) is 12.0. The van der Waals surface area contributed by atoms with Crippen molar-refractivity contribution in [2.75, 3.05) is 18.4 Å². The molecule has 0 aliphatic rings. The number of hydrogen-bond donors (Lipinski definition) is 2. The van der Waals surface area contributed by atoms with Gasteiger partial charge in [-0.05, 0) is 24.8 Å². The Morgan fingerprint density at radius 2 is 2.00 bits per heavy atom. The van der Waals surface area contributed by atoms with E-state index in [2.05, 4.69) is 35.4 Å². The van der Waals surface area contributed by atoms with Crippen LogP contribution in [0.4, 0.5) is 5.13 Å². The van der Waals surface area contributed by atoms with Gasteiger partial charge in [0.2, 0.25) is 5.13 Å². The minimum atomic E-state index is 0.193. The molecule has 3 N–H and O–H groups in total. The molecule has 1 aromatic heterocycles. The van der Waals surface area contributed by atoms with E-state index in [1.165, 1.54) is 11.5 Å². The number of hydrogen-bond acceptors (Lipinski definition) is 5. The first kappa shape index (κ1) is 13.4. The summed E-state index contributed by atoms with van der Waals surface area (Å²) in [6, 6.07) is 0. The highest BCUT2D eigenvalue weighted by molar-refractivity contribution is 7.09. The van der Waals surface area contributed by atoms with Crippen LogP contribution in [0.2, 0.25) is 0 Å². The zero-order valence-electron chi connectivity index (χ0n) is 10.4. The molecule has 92 valence electrons. The molecule has 0 aliphatic carbocycles. The van der Waals surface area contributed by atoms with E-state index in [1.807, 2.05) is 0 Å². The van der Waals surface area contributed by atoms with Gasteiger partial charge in [-0.25, -0.2) is 4.98 Å². The van der Waals surface area contributed by atoms with Gasteiger partial charge >= 0.3 is 0 Å². The second-order valence-corrected chi connectivity index (χ2v) is 4.89. The van der Waals surface area contributed by atoms with Gasteiger partial charge in [0.15, 0.2) is 0 Å². The molecule has 16 heavy (non-hydrogen) atoms. The van der Waals surface area contributed by atoms with Gasteiger partial charge in [-0.15, -0.1) is 0 Å². The smallest absolute Gasteiger partial charge is 0.202 e. The van der Waals surface area contributed by atoms with Crippen LogP contribution in [0, 0.1) is 5.41 Å². The lowest BCUT2D eigenvalue weighted by Gasteiger charge is -2.30. The lowest BCUT2D eigenvalue weighted by Crippen LogP contribution is -2.36. The van der Waals surface area contributed by atoms with Crippen LogP contribution in [-0.2, 0) is 6.42 Å². The Hall–Kier alpha value is -0.680. The maximum Gasteiger partial charge on any atom is 0.202 e. The predicted octanol–water partition coefficient (Wildman–Crippen LogP) is 2.28. The van der Waals surface area contributed by atoms with Crippen molar-refractivity contribution in [1.29, 1.82) is 0 Å². The number of nitrogens with zero attached hydrogens (tertiary/aromatic N) is 2. The van der Waals surface area contributed by atoms with Crippen LogP contribution in [0.1, 0.15) is 39.4 Å². The first-order valence-electron chi connectivity index (χ1n) is 5.96. The highest BCUT2D eigenvalue weighted by Crippen LogP contribution is 2.25. The Bertz CT molecular complexity index is 298. The third-order valence-electron chi connectivity index (χ3n) is 3.33. The maximum absolute atomic E-state index is 5.85. The summed E-state index contributed by atoms with van der Waals surface area (Å²) in [5.41, 5.74) is 6.04. The summed E-state index contributed by atoms with van der Waals surface area (Å²) in [5.74, 6) is 0.916. The van der Waals surface area contributed by atoms with Crippen molar-refractivity contribution in [1.82, 2.24) is 9.36 Å². The van der Waals surface area contributed by atoms with Crippen LogP contribution in [0.3, 0.4) is 0 Å². The molecule has 0 aliphatic heterocycles. The van der Waals surface area contributed by atoms with Crippen LogP contribution in [0.5, 0.6) is 0 Å². The monoisotopic (exact) mass is 242 g/mol. The van der Waals surface area contributed by atoms with E-state index in [-0.39, 0.29) is 5.41 Å². The second-order valence-electron chi connectivity index (χ2n) is 4.13. The van der Waals surface area contributed by atoms with Gasteiger partial charge in [0.1, 0.15) is 5.82 Å². The summed E-state index contributed by atoms with van der Waals surface area (Å²) >= 11 is 1.43. The molecule has 1 aromatic rings. The molecule has 1 rings (SSSR count). The molecular weight excluding hydrogens is 220 g/mol. The van der Waals surface area contributed by atoms with Gasteiger partial charge in [0, 0.05) is 24.5 Å². The van der Waals surface area contributed by atoms with Gasteiger partial charge in [-0.2, -0.15) is 4.37 Å². The predicted molar refractivity (Wildman–Crippen MR) is 69.8 cm³/mol. The number of nitrogens with one attached hydrogen (secondary N) is 1. The third kappa shape index (κ3) is 3.15. The molecule has 0 spiro atoms. The molecule has 0 atom stereocenters. The average Bonchev–Trinajstić information content (AvgIpc) is 2.80. The average molecular weight is 242 g/mol. The lowest BCUT2D eigenvalue weighted by atomic mass is 9.82. The fraction of sp³-hybridized carbons (Fsp3) is 0.818. The summed E-state index contributed by atoms with van der Waals surface area (Å²) in [4.78, 5) is 4.39. The van der Waals surface area contributed by atoms with Crippen molar-refractivity contribution >= 4 is 16.7 Å². The Morgan fingerprint density at radius 3 is 2.44 bits per heavy atom. The molecule has 5 heteroatoms. The highest BCUT2D eigenvalue weighted by atomic mass is 32.1. The molecule has 0 saturated carbocycles. The van der Waals surface area contributed by atoms with Gasteiger partial charge in [-0.3, -0.25) is 0 Å². The molecule has 0 aromatic carbocycles. The van der Waals surface area contributed by atoms with Gasteiger partial charge in [0.25, 0.3) is 0 Å². The third-order valence-corrected chi connectivity index (χ3v) is 4.04. The van der Waals surface area contributed by atoms with E-state index in [9.17, 15) is 0 Å². The van der Waals surface area contributed by atoms with Crippen LogP contribution in [0.25, 0.3) is 0 Å². The molecular formula is C11H22N4S. The second kappa shape index (κ2) is 6.15. The van der Waals surface area contributed by atoms with Crippen molar-refractivity contribution in [2.24, 2.45) is 11.1 Å². The topological polar surface area (TPSA) is 63.8 Å². The minimum absolute atomic E-state index is 0.193. The van der Waals surface area contributed by atoms with Crippen molar-refractivity contribution in [2.45, 2.75) is 40.0 Å². The first-order valence-corrected chi connectivity index (χ1v) is 6.73. The molecule has 1 heterocycles. The summed E-state index contributed by atoms with van der Waals surface area (Å²) in [6.07, 6.45) is 3.07. The summed E-state index contributed by atoms with van der Waals surface area (Å²) in [5, 5.41) is 4.27. The highest BCUT2D eigenvalue weighted by Gasteiger charge is 2.24. The van der Waals surface area contributed by atoms with Crippen LogP contribution < -0.4 is 11.1 Å². The number of rotatable bonds is 7. The largest absolute Gasteiger partial charge is 0.360 e. The minimum Gasteiger partial charge on any atom is -0.360 e. The quantitative estimate of drug-likeness (QED) is 0.770. The van der Waals surface area contributed by atoms with E-state index in [4.69, 9.17) is 5.73 Å². The van der Waals surface area contributed by atoms with Gasteiger partial charge in [0.05, 0.1) is 0 Å². The van der Waals surface area contributed by atoms with Crippen LogP contribution in [-0.4, -0.2) is 22.4 Å². The van der Waals surface area contributed by atoms with E-state index in [0.29, 0.717) is 6.54 Å². The first-order chi connectivity index (χ1) is 7.69. The van der Waals surface area contributed by atoms with Gasteiger partial charge in [-0.1, -0.05) is 20.8 Å². The van der Waals surface area contributed by atoms with Crippen LogP contribution in [0.15, 0.2) is 0 Å². The van der Waals surface area contributed by atoms with Crippen molar-refractivity contribution in [3.05, 3.63) is 5.82 Å². The Balaban J connectivity index is 2.55. The van der Waals surface area contributed by atoms with E-state index in [1.54, 1.807) is 0 Å². The van der Waals surface area contributed by atoms with Crippen molar-refractivity contribution in [3.63, 3.8) is 0 Å². The van der Waals surface area contributed by atoms with Crippen LogP contribution >= 0.6 is 11.5 Å². The maximum atomic E-state index is 5.85. The summed E-state index contributed by atoms with van der Waals surface area (Å²) in [6.45, 7) is 8.04. The molecule has 0 saturated heterocycles. The molecule has 0 unspecified atom stereocenters. The summed E-state index contributed by atoms with van der Waals surface area (Å²) in [7, 11) is 0. The summed E-state index contributed by atoms with van der Waals surface area (Å²) < 4.78 is 4.25. The van der Waals surface area contributed by atoms with E-state index in [0.717, 1.165) is 36.8 Å². The Labute approximate surface area is 102 Å². The van der Waals surface area contributed by atoms with E-state index < -0.39 is 0 Å². The standard InChI is InChI=1S/C11H22N4S/c1-4-9-14-10(16-15-9)13-8-11(5-2,6-3)7-12/h4-8,12H2,1-3H3,(H,13,14,15). The number of aryl methyl sites for hydroxylation is 1. The zero-order valence-corrected chi connectivity index (χ0v) is 11.2. The molecule has 4 nitrogen and oxygen atoms in total. The molecule has 0 amide bonds. The number of aromatic nitrogens is 2. The fourth-order valence-corrected chi connectivity index (χ4v) is 2.24. The fourth-order valence-electron chi connectivity index (χ4n) is 1.59. The van der Waals surface area contributed by atoms with Gasteiger partial charge < -0.3 is 11.1 Å². The van der Waals surface area contributed by atoms with Crippen molar-refractivity contribution in [3.8, 4) is 0 Å². The Kier molecular flexibility index (Phi) is 5.15.